The van der Waals surface area contributed by atoms with E-state index in [2.05, 4.69) is 11.9 Å². The van der Waals surface area contributed by atoms with Crippen LogP contribution in [0.2, 0.25) is 0 Å². The second-order valence-corrected chi connectivity index (χ2v) is 4.36. The molecule has 5 nitrogen and oxygen atoms in total. The van der Waals surface area contributed by atoms with Crippen molar-refractivity contribution in [1.82, 2.24) is 5.32 Å². The van der Waals surface area contributed by atoms with Gasteiger partial charge in [-0.15, -0.1) is 6.58 Å². The molecule has 1 aliphatic heterocycles. The van der Waals surface area contributed by atoms with Crippen molar-refractivity contribution in [2.24, 2.45) is 0 Å². The number of rotatable bonds is 5. The van der Waals surface area contributed by atoms with E-state index in [1.54, 1.807) is 12.1 Å². The Kier molecular flexibility index (Phi) is 3.97. The molecule has 0 fully saturated rings. The Balaban J connectivity index is 2.11. The van der Waals surface area contributed by atoms with Crippen molar-refractivity contribution in [3.63, 3.8) is 0 Å². The number of benzene rings is 1. The Bertz CT molecular complexity index is 524. The lowest BCUT2D eigenvalue weighted by molar-refractivity contribution is -0.139. The molecule has 0 bridgehead atoms. The van der Waals surface area contributed by atoms with E-state index in [1.807, 2.05) is 6.07 Å². The molecule has 0 radical (unpaired) electrons. The molecule has 2 N–H and O–H groups in total. The SMILES string of the molecule is C=CCC(NC(=O)c1ccc2c(c1)COC2)C(=O)O. The molecule has 0 saturated heterocycles. The highest BCUT2D eigenvalue weighted by atomic mass is 16.5. The number of hydrogen-bond donors (Lipinski definition) is 2. The molecule has 1 aromatic rings. The van der Waals surface area contributed by atoms with E-state index in [1.165, 1.54) is 6.08 Å². The number of carbonyl (C=O) groups excluding carboxylic acids is 1. The molecule has 100 valence electrons. The van der Waals surface area contributed by atoms with Crippen LogP contribution in [0.1, 0.15) is 27.9 Å². The lowest BCUT2D eigenvalue weighted by Gasteiger charge is -2.12. The highest BCUT2D eigenvalue weighted by molar-refractivity contribution is 5.96. The first-order valence-electron chi connectivity index (χ1n) is 5.96. The number of carboxylic acids is 1. The predicted molar refractivity (Wildman–Crippen MR) is 68.6 cm³/mol. The lowest BCUT2D eigenvalue weighted by atomic mass is 10.1. The molecule has 0 saturated carbocycles. The second-order valence-electron chi connectivity index (χ2n) is 4.36. The van der Waals surface area contributed by atoms with E-state index in [-0.39, 0.29) is 6.42 Å². The number of hydrogen-bond acceptors (Lipinski definition) is 3. The summed E-state index contributed by atoms with van der Waals surface area (Å²) < 4.78 is 5.27. The summed E-state index contributed by atoms with van der Waals surface area (Å²) in [7, 11) is 0. The topological polar surface area (TPSA) is 75.6 Å². The molecule has 5 heteroatoms. The van der Waals surface area contributed by atoms with Gasteiger partial charge in [-0.25, -0.2) is 4.79 Å². The average molecular weight is 261 g/mol. The van der Waals surface area contributed by atoms with Gasteiger partial charge in [0, 0.05) is 5.56 Å². The molecular formula is C14H15NO4. The summed E-state index contributed by atoms with van der Waals surface area (Å²) in [6, 6.07) is 4.30. The zero-order chi connectivity index (χ0) is 13.8. The molecule has 1 unspecified atom stereocenters. The fraction of sp³-hybridized carbons (Fsp3) is 0.286. The van der Waals surface area contributed by atoms with Crippen LogP contribution in [-0.4, -0.2) is 23.0 Å². The summed E-state index contributed by atoms with van der Waals surface area (Å²) in [4.78, 5) is 22.9. The Morgan fingerprint density at radius 2 is 2.16 bits per heavy atom. The second kappa shape index (κ2) is 5.67. The number of amides is 1. The van der Waals surface area contributed by atoms with Gasteiger partial charge in [0.15, 0.2) is 0 Å². The van der Waals surface area contributed by atoms with Crippen LogP contribution in [0.3, 0.4) is 0 Å². The predicted octanol–water partition coefficient (Wildman–Crippen LogP) is 1.48. The van der Waals surface area contributed by atoms with Crippen molar-refractivity contribution in [3.8, 4) is 0 Å². The number of nitrogens with one attached hydrogen (secondary N) is 1. The van der Waals surface area contributed by atoms with Gasteiger partial charge in [0.1, 0.15) is 6.04 Å². The van der Waals surface area contributed by atoms with Crippen molar-refractivity contribution in [1.29, 1.82) is 0 Å². The minimum absolute atomic E-state index is 0.190. The molecule has 0 spiro atoms. The van der Waals surface area contributed by atoms with Crippen LogP contribution in [0, 0.1) is 0 Å². The molecule has 1 aliphatic rings. The van der Waals surface area contributed by atoms with Crippen LogP contribution < -0.4 is 5.32 Å². The van der Waals surface area contributed by atoms with Gasteiger partial charge in [0.2, 0.25) is 0 Å². The largest absolute Gasteiger partial charge is 0.480 e. The standard InChI is InChI=1S/C14H15NO4/c1-2-3-12(14(17)18)15-13(16)9-4-5-10-7-19-8-11(10)6-9/h2,4-6,12H,1,3,7-8H2,(H,15,16)(H,17,18). The minimum Gasteiger partial charge on any atom is -0.480 e. The molecule has 2 rings (SSSR count). The smallest absolute Gasteiger partial charge is 0.326 e. The Labute approximate surface area is 110 Å². The van der Waals surface area contributed by atoms with E-state index in [0.29, 0.717) is 18.8 Å². The summed E-state index contributed by atoms with van der Waals surface area (Å²) in [6.07, 6.45) is 1.66. The normalized spacial score (nSPS) is 14.5. The fourth-order valence-electron chi connectivity index (χ4n) is 1.94. The fourth-order valence-corrected chi connectivity index (χ4v) is 1.94. The third-order valence-electron chi connectivity index (χ3n) is 2.99. The quantitative estimate of drug-likeness (QED) is 0.787. The average Bonchev–Trinajstić information content (AvgIpc) is 2.85. The number of fused-ring (bicyclic) bond motifs is 1. The molecule has 1 amide bonds. The molecule has 0 aliphatic carbocycles. The van der Waals surface area contributed by atoms with E-state index < -0.39 is 17.9 Å². The first-order chi connectivity index (χ1) is 9.11. The summed E-state index contributed by atoms with van der Waals surface area (Å²) in [5.74, 6) is -1.47. The van der Waals surface area contributed by atoms with Gasteiger partial charge in [0.25, 0.3) is 5.91 Å². The molecule has 0 aromatic heterocycles. The van der Waals surface area contributed by atoms with Gasteiger partial charge < -0.3 is 15.2 Å². The highest BCUT2D eigenvalue weighted by Gasteiger charge is 2.20. The van der Waals surface area contributed by atoms with Crippen LogP contribution in [0.4, 0.5) is 0 Å². The number of ether oxygens (including phenoxy) is 1. The van der Waals surface area contributed by atoms with Crippen LogP contribution in [0.5, 0.6) is 0 Å². The third kappa shape index (κ3) is 3.00. The molecule has 1 aromatic carbocycles. The number of carbonyl (C=O) groups is 2. The Morgan fingerprint density at radius 1 is 1.42 bits per heavy atom. The van der Waals surface area contributed by atoms with Crippen LogP contribution in [0.25, 0.3) is 0 Å². The summed E-state index contributed by atoms with van der Waals surface area (Å²) in [5, 5.41) is 11.4. The third-order valence-corrected chi connectivity index (χ3v) is 2.99. The maximum Gasteiger partial charge on any atom is 0.326 e. The molecule has 1 atom stereocenters. The summed E-state index contributed by atoms with van der Waals surface area (Å²) >= 11 is 0. The Hall–Kier alpha value is -2.14. The first-order valence-corrected chi connectivity index (χ1v) is 5.96. The zero-order valence-corrected chi connectivity index (χ0v) is 10.4. The van der Waals surface area contributed by atoms with Gasteiger partial charge in [-0.2, -0.15) is 0 Å². The lowest BCUT2D eigenvalue weighted by Crippen LogP contribution is -2.40. The molecular weight excluding hydrogens is 246 g/mol. The van der Waals surface area contributed by atoms with Gasteiger partial charge in [0.05, 0.1) is 13.2 Å². The maximum atomic E-state index is 12.0. The van der Waals surface area contributed by atoms with Crippen molar-refractivity contribution >= 4 is 11.9 Å². The van der Waals surface area contributed by atoms with E-state index in [9.17, 15) is 9.59 Å². The van der Waals surface area contributed by atoms with Gasteiger partial charge in [-0.05, 0) is 29.7 Å². The van der Waals surface area contributed by atoms with Gasteiger partial charge >= 0.3 is 5.97 Å². The van der Waals surface area contributed by atoms with Crippen LogP contribution in [-0.2, 0) is 22.7 Å². The van der Waals surface area contributed by atoms with Crippen LogP contribution in [0.15, 0.2) is 30.9 Å². The molecule has 19 heavy (non-hydrogen) atoms. The number of carboxylic acid groups (broad SMARTS) is 1. The van der Waals surface area contributed by atoms with E-state index in [4.69, 9.17) is 9.84 Å². The first kappa shape index (κ1) is 13.3. The maximum absolute atomic E-state index is 12.0. The zero-order valence-electron chi connectivity index (χ0n) is 10.4. The highest BCUT2D eigenvalue weighted by Crippen LogP contribution is 2.20. The summed E-state index contributed by atoms with van der Waals surface area (Å²) in [6.45, 7) is 4.53. The van der Waals surface area contributed by atoms with E-state index >= 15 is 0 Å². The van der Waals surface area contributed by atoms with Crippen molar-refractivity contribution < 1.29 is 19.4 Å². The van der Waals surface area contributed by atoms with Crippen LogP contribution >= 0.6 is 0 Å². The molecule has 1 heterocycles. The van der Waals surface area contributed by atoms with Crippen molar-refractivity contribution in [2.75, 3.05) is 0 Å². The van der Waals surface area contributed by atoms with E-state index in [0.717, 1.165) is 11.1 Å². The monoisotopic (exact) mass is 261 g/mol. The minimum atomic E-state index is -1.07. The van der Waals surface area contributed by atoms with Gasteiger partial charge in [-0.1, -0.05) is 12.1 Å². The Morgan fingerprint density at radius 3 is 2.84 bits per heavy atom. The van der Waals surface area contributed by atoms with Crippen molar-refractivity contribution in [3.05, 3.63) is 47.5 Å². The van der Waals surface area contributed by atoms with Crippen molar-refractivity contribution in [2.45, 2.75) is 25.7 Å². The van der Waals surface area contributed by atoms with Gasteiger partial charge in [-0.3, -0.25) is 4.79 Å². The summed E-state index contributed by atoms with van der Waals surface area (Å²) in [5.41, 5.74) is 2.49. The number of aliphatic carboxylic acids is 1.